The highest BCUT2D eigenvalue weighted by molar-refractivity contribution is 5.93. The lowest BCUT2D eigenvalue weighted by molar-refractivity contribution is 0.0524. The van der Waals surface area contributed by atoms with Crippen molar-refractivity contribution in [1.29, 1.82) is 0 Å². The number of aromatic amines is 1. The number of rotatable bonds is 8. The molecule has 1 heterocycles. The predicted molar refractivity (Wildman–Crippen MR) is 103 cm³/mol. The molecule has 2 unspecified atom stereocenters. The molecule has 2 N–H and O–H groups in total. The van der Waals surface area contributed by atoms with Gasteiger partial charge >= 0.3 is 12.1 Å². The molecule has 1 amide bonds. The Bertz CT molecular complexity index is 894. The molecule has 0 aliphatic carbocycles. The average molecular weight is 392 g/mol. The number of carbonyl (C=O) groups is 2. The number of esters is 1. The zero-order valence-electron chi connectivity index (χ0n) is 16.2. The smallest absolute Gasteiger partial charge is 0.407 e. The lowest BCUT2D eigenvalue weighted by atomic mass is 10.0. The number of H-pyrrole nitrogens is 1. The Hall–Kier alpha value is -2.90. The van der Waals surface area contributed by atoms with Crippen LogP contribution in [0.5, 0.6) is 0 Å². The van der Waals surface area contributed by atoms with E-state index in [1.807, 2.05) is 6.92 Å². The molecule has 1 aromatic carbocycles. The highest BCUT2D eigenvalue weighted by Gasteiger charge is 2.18. The zero-order chi connectivity index (χ0) is 20.7. The zero-order valence-corrected chi connectivity index (χ0v) is 16.2. The summed E-state index contributed by atoms with van der Waals surface area (Å²) < 4.78 is 22.7. The van der Waals surface area contributed by atoms with Crippen molar-refractivity contribution in [2.45, 2.75) is 45.8 Å². The van der Waals surface area contributed by atoms with Gasteiger partial charge in [0.15, 0.2) is 0 Å². The van der Waals surface area contributed by atoms with Crippen LogP contribution >= 0.6 is 0 Å². The minimum absolute atomic E-state index is 0.0137. The Kier molecular flexibility index (Phi) is 7.54. The number of ether oxygens (including phenoxy) is 2. The van der Waals surface area contributed by atoms with E-state index in [9.17, 15) is 18.8 Å². The molecule has 28 heavy (non-hydrogen) atoms. The Morgan fingerprint density at radius 2 is 2.00 bits per heavy atom. The number of alkyl halides is 1. The van der Waals surface area contributed by atoms with Crippen LogP contribution in [0.3, 0.4) is 0 Å². The number of carbonyl (C=O) groups excluding carboxylic acids is 2. The second kappa shape index (κ2) is 9.87. The number of nitrogens with one attached hydrogen (secondary N) is 2. The molecule has 0 saturated carbocycles. The Balaban J connectivity index is 2.24. The molecule has 2 aromatic rings. The maximum atomic E-state index is 12.8. The molecule has 0 fully saturated rings. The van der Waals surface area contributed by atoms with E-state index < -0.39 is 29.7 Å². The van der Waals surface area contributed by atoms with Crippen LogP contribution < -0.4 is 10.7 Å². The van der Waals surface area contributed by atoms with Gasteiger partial charge in [-0.05, 0) is 38.0 Å². The van der Waals surface area contributed by atoms with Crippen LogP contribution in [0, 0.1) is 0 Å². The number of alkyl carbamates (subject to hydrolysis) is 1. The van der Waals surface area contributed by atoms with Crippen molar-refractivity contribution >= 4 is 23.0 Å². The van der Waals surface area contributed by atoms with Gasteiger partial charge < -0.3 is 19.8 Å². The minimum atomic E-state index is -1.05. The fraction of sp³-hybridized carbons (Fsp3) is 0.450. The van der Waals surface area contributed by atoms with Crippen LogP contribution in [0.2, 0.25) is 0 Å². The number of fused-ring (bicyclic) bond motifs is 1. The molecular formula is C20H25FN2O5. The van der Waals surface area contributed by atoms with Crippen LogP contribution in [0.4, 0.5) is 9.18 Å². The number of halogens is 1. The molecule has 0 bridgehead atoms. The molecule has 0 saturated heterocycles. The third-order valence-electron chi connectivity index (χ3n) is 4.25. The van der Waals surface area contributed by atoms with E-state index in [0.717, 1.165) is 0 Å². The van der Waals surface area contributed by atoms with Gasteiger partial charge in [0.1, 0.15) is 11.7 Å². The maximum absolute atomic E-state index is 12.8. The number of hydrogen-bond donors (Lipinski definition) is 2. The maximum Gasteiger partial charge on any atom is 0.407 e. The van der Waals surface area contributed by atoms with Gasteiger partial charge in [-0.3, -0.25) is 4.79 Å². The first-order valence-electron chi connectivity index (χ1n) is 9.27. The van der Waals surface area contributed by atoms with E-state index in [-0.39, 0.29) is 25.2 Å². The summed E-state index contributed by atoms with van der Waals surface area (Å²) in [5.41, 5.74) is 0.740. The Morgan fingerprint density at radius 1 is 1.25 bits per heavy atom. The summed E-state index contributed by atoms with van der Waals surface area (Å²) >= 11 is 0. The van der Waals surface area contributed by atoms with E-state index in [4.69, 9.17) is 9.47 Å². The van der Waals surface area contributed by atoms with Gasteiger partial charge in [0, 0.05) is 23.5 Å². The van der Waals surface area contributed by atoms with Crippen LogP contribution in [-0.4, -0.2) is 36.4 Å². The Morgan fingerprint density at radius 3 is 2.64 bits per heavy atom. The number of aromatic nitrogens is 1. The van der Waals surface area contributed by atoms with Gasteiger partial charge in [-0.1, -0.05) is 13.0 Å². The highest BCUT2D eigenvalue weighted by atomic mass is 19.1. The normalized spacial score (nSPS) is 13.0. The summed E-state index contributed by atoms with van der Waals surface area (Å²) in [6.45, 7) is 5.09. The van der Waals surface area contributed by atoms with Crippen molar-refractivity contribution in [3.8, 4) is 0 Å². The van der Waals surface area contributed by atoms with Gasteiger partial charge in [0.05, 0.1) is 19.3 Å². The predicted octanol–water partition coefficient (Wildman–Crippen LogP) is 3.63. The third kappa shape index (κ3) is 5.31. The fourth-order valence-corrected chi connectivity index (χ4v) is 2.73. The lowest BCUT2D eigenvalue weighted by Gasteiger charge is -2.18. The van der Waals surface area contributed by atoms with E-state index in [2.05, 4.69) is 10.3 Å². The van der Waals surface area contributed by atoms with E-state index in [1.54, 1.807) is 25.1 Å². The minimum Gasteiger partial charge on any atom is -0.462 e. The van der Waals surface area contributed by atoms with Gasteiger partial charge in [-0.15, -0.1) is 0 Å². The number of pyridine rings is 1. The van der Waals surface area contributed by atoms with E-state index >= 15 is 0 Å². The lowest BCUT2D eigenvalue weighted by Crippen LogP contribution is -2.29. The first-order chi connectivity index (χ1) is 13.4. The van der Waals surface area contributed by atoms with Crippen molar-refractivity contribution in [1.82, 2.24) is 10.3 Å². The van der Waals surface area contributed by atoms with Crippen LogP contribution in [0.25, 0.3) is 10.9 Å². The van der Waals surface area contributed by atoms with Crippen LogP contribution in [-0.2, 0) is 9.47 Å². The first kappa shape index (κ1) is 21.4. The second-order valence-corrected chi connectivity index (χ2v) is 6.37. The summed E-state index contributed by atoms with van der Waals surface area (Å²) in [7, 11) is 0. The molecule has 0 radical (unpaired) electrons. The topological polar surface area (TPSA) is 97.5 Å². The molecule has 7 nitrogen and oxygen atoms in total. The standard InChI is InChI=1S/C20H25FN2O5/c1-4-16(23-20(26)28-9-8-12(3)21)13-6-7-17-14(10-13)18(24)15(11-22-17)19(25)27-5-2/h6-7,10-12,16H,4-5,8-9H2,1-3H3,(H,22,24)(H,23,26). The molecule has 2 rings (SSSR count). The molecule has 1 aromatic heterocycles. The van der Waals surface area contributed by atoms with Crippen molar-refractivity contribution in [2.24, 2.45) is 0 Å². The Labute approximate surface area is 162 Å². The third-order valence-corrected chi connectivity index (χ3v) is 4.25. The highest BCUT2D eigenvalue weighted by Crippen LogP contribution is 2.20. The second-order valence-electron chi connectivity index (χ2n) is 6.37. The largest absolute Gasteiger partial charge is 0.462 e. The summed E-state index contributed by atoms with van der Waals surface area (Å²) in [5.74, 6) is -0.688. The van der Waals surface area contributed by atoms with Gasteiger partial charge in [-0.2, -0.15) is 0 Å². The number of amides is 1. The molecule has 0 aliphatic rings. The van der Waals surface area contributed by atoms with Crippen LogP contribution in [0.1, 0.15) is 55.6 Å². The first-order valence-corrected chi connectivity index (χ1v) is 9.27. The van der Waals surface area contributed by atoms with Gasteiger partial charge in [-0.25, -0.2) is 14.0 Å². The summed E-state index contributed by atoms with van der Waals surface area (Å²) in [6.07, 6.45) is 0.320. The average Bonchev–Trinajstić information content (AvgIpc) is 2.66. The summed E-state index contributed by atoms with van der Waals surface area (Å²) in [5, 5.41) is 3.03. The summed E-state index contributed by atoms with van der Waals surface area (Å²) in [4.78, 5) is 39.4. The van der Waals surface area contributed by atoms with Crippen molar-refractivity contribution in [2.75, 3.05) is 13.2 Å². The fourth-order valence-electron chi connectivity index (χ4n) is 2.73. The van der Waals surface area contributed by atoms with E-state index in [1.165, 1.54) is 13.1 Å². The molecule has 0 aliphatic heterocycles. The molecule has 0 spiro atoms. The van der Waals surface area contributed by atoms with Crippen molar-refractivity contribution in [3.05, 3.63) is 45.7 Å². The monoisotopic (exact) mass is 392 g/mol. The van der Waals surface area contributed by atoms with Gasteiger partial charge in [0.25, 0.3) is 0 Å². The van der Waals surface area contributed by atoms with Gasteiger partial charge in [0.2, 0.25) is 5.43 Å². The SMILES string of the molecule is CCOC(=O)c1c[nH]c2ccc(C(CC)NC(=O)OCCC(C)F)cc2c1=O. The van der Waals surface area contributed by atoms with Crippen molar-refractivity contribution in [3.63, 3.8) is 0 Å². The number of benzene rings is 1. The molecule has 152 valence electrons. The summed E-state index contributed by atoms with van der Waals surface area (Å²) in [6, 6.07) is 4.72. The van der Waals surface area contributed by atoms with Crippen molar-refractivity contribution < 1.29 is 23.5 Å². The van der Waals surface area contributed by atoms with Crippen LogP contribution in [0.15, 0.2) is 29.2 Å². The number of hydrogen-bond acceptors (Lipinski definition) is 5. The molecule has 2 atom stereocenters. The quantitative estimate of drug-likeness (QED) is 0.669. The molecule has 8 heteroatoms. The molecular weight excluding hydrogens is 367 g/mol. The van der Waals surface area contributed by atoms with E-state index in [0.29, 0.717) is 22.9 Å².